The van der Waals surface area contributed by atoms with Crippen molar-refractivity contribution in [1.82, 2.24) is 25.2 Å². The van der Waals surface area contributed by atoms with E-state index in [1.54, 1.807) is 22.2 Å². The highest BCUT2D eigenvalue weighted by Gasteiger charge is 2.44. The maximum atomic E-state index is 13.9. The number of aliphatic hydroxyl groups excluding tert-OH is 1. The van der Waals surface area contributed by atoms with E-state index in [-0.39, 0.29) is 48.9 Å². The minimum atomic E-state index is -0.804. The molecule has 0 aliphatic carbocycles. The first-order valence-electron chi connectivity index (χ1n) is 14.5. The molecule has 1 saturated heterocycles. The van der Waals surface area contributed by atoms with E-state index < -0.39 is 23.5 Å². The molecule has 1 aliphatic heterocycles. The number of aryl methyl sites for hydroxylation is 1. The summed E-state index contributed by atoms with van der Waals surface area (Å²) in [4.78, 5) is 43.0. The van der Waals surface area contributed by atoms with Crippen molar-refractivity contribution in [3.63, 3.8) is 0 Å². The summed E-state index contributed by atoms with van der Waals surface area (Å²) in [7, 11) is 0. The van der Waals surface area contributed by atoms with Crippen molar-refractivity contribution in [2.45, 2.75) is 92.0 Å². The number of ketones is 1. The predicted octanol–water partition coefficient (Wildman–Crippen LogP) is 4.51. The molecule has 10 heteroatoms. The molecule has 0 radical (unpaired) electrons. The molecule has 4 rings (SSSR count). The minimum Gasteiger partial charge on any atom is -0.391 e. The lowest BCUT2D eigenvalue weighted by atomic mass is 9.76. The largest absolute Gasteiger partial charge is 0.391 e. The summed E-state index contributed by atoms with van der Waals surface area (Å²) in [6.45, 7) is 14.2. The van der Waals surface area contributed by atoms with Crippen LogP contribution in [-0.2, 0) is 32.9 Å². The standard InChI is InChI=1S/C32H43N5O4S/c1-20-12-13-42-28(20)22-10-8-21(9-11-22)17-33-29(40)27-16-25(39)19-36(27)30(41)26(31(2,3)4)15-24(38)14-23-18-37(35-34-23)32(5,6)7/h8-13,18,25-27,39H,14-17,19H2,1-7H3,(H,33,40). The Kier molecular flexibility index (Phi) is 9.37. The smallest absolute Gasteiger partial charge is 0.243 e. The Labute approximate surface area is 252 Å². The Morgan fingerprint density at radius 3 is 2.36 bits per heavy atom. The van der Waals surface area contributed by atoms with E-state index in [0.29, 0.717) is 12.2 Å². The molecule has 1 fully saturated rings. The van der Waals surface area contributed by atoms with Crippen molar-refractivity contribution in [2.75, 3.05) is 6.54 Å². The predicted molar refractivity (Wildman–Crippen MR) is 164 cm³/mol. The third-order valence-corrected chi connectivity index (χ3v) is 8.86. The molecular weight excluding hydrogens is 550 g/mol. The number of amides is 2. The molecule has 1 aliphatic rings. The Morgan fingerprint density at radius 2 is 1.79 bits per heavy atom. The number of hydrogen-bond donors (Lipinski definition) is 2. The van der Waals surface area contributed by atoms with Gasteiger partial charge in [0.05, 0.1) is 23.8 Å². The first-order valence-corrected chi connectivity index (χ1v) is 15.3. The number of Topliss-reactive ketones (excluding diaryl/α,β-unsaturated/α-hetero) is 1. The zero-order valence-corrected chi connectivity index (χ0v) is 26.5. The summed E-state index contributed by atoms with van der Waals surface area (Å²) in [6, 6.07) is 9.36. The van der Waals surface area contributed by atoms with Gasteiger partial charge in [-0.3, -0.25) is 14.4 Å². The van der Waals surface area contributed by atoms with Gasteiger partial charge in [-0.05, 0) is 61.2 Å². The van der Waals surface area contributed by atoms with Crippen LogP contribution in [0.5, 0.6) is 0 Å². The molecule has 0 spiro atoms. The molecule has 9 nitrogen and oxygen atoms in total. The summed E-state index contributed by atoms with van der Waals surface area (Å²) in [5.74, 6) is -1.37. The zero-order valence-electron chi connectivity index (χ0n) is 25.7. The molecule has 0 bridgehead atoms. The Hall–Kier alpha value is -3.37. The molecular formula is C32H43N5O4S. The number of nitrogens with zero attached hydrogens (tertiary/aromatic N) is 4. The van der Waals surface area contributed by atoms with Crippen LogP contribution in [0.4, 0.5) is 0 Å². The molecule has 2 N–H and O–H groups in total. The van der Waals surface area contributed by atoms with Crippen LogP contribution in [-0.4, -0.2) is 61.3 Å². The van der Waals surface area contributed by atoms with Crippen molar-refractivity contribution in [3.8, 4) is 10.4 Å². The summed E-state index contributed by atoms with van der Waals surface area (Å²) in [5.41, 5.74) is 3.08. The van der Waals surface area contributed by atoms with Crippen molar-refractivity contribution >= 4 is 28.9 Å². The normalized spacial score (nSPS) is 18.2. The van der Waals surface area contributed by atoms with E-state index in [2.05, 4.69) is 34.0 Å². The van der Waals surface area contributed by atoms with Gasteiger partial charge in [-0.25, -0.2) is 4.68 Å². The Morgan fingerprint density at radius 1 is 1.10 bits per heavy atom. The summed E-state index contributed by atoms with van der Waals surface area (Å²) >= 11 is 1.70. The van der Waals surface area contributed by atoms with Crippen LogP contribution in [0, 0.1) is 18.3 Å². The number of thiophene rings is 1. The highest BCUT2D eigenvalue weighted by molar-refractivity contribution is 7.13. The maximum Gasteiger partial charge on any atom is 0.243 e. The molecule has 2 aromatic heterocycles. The zero-order chi connectivity index (χ0) is 30.8. The molecule has 2 amide bonds. The van der Waals surface area contributed by atoms with Gasteiger partial charge in [0.1, 0.15) is 11.8 Å². The average Bonchev–Trinajstić information content (AvgIpc) is 3.65. The van der Waals surface area contributed by atoms with Gasteiger partial charge in [-0.2, -0.15) is 0 Å². The summed E-state index contributed by atoms with van der Waals surface area (Å²) in [6.07, 6.45) is 1.21. The van der Waals surface area contributed by atoms with Crippen LogP contribution in [0.25, 0.3) is 10.4 Å². The van der Waals surface area contributed by atoms with Gasteiger partial charge in [0.2, 0.25) is 11.8 Å². The summed E-state index contributed by atoms with van der Waals surface area (Å²) in [5, 5.41) is 23.8. The van der Waals surface area contributed by atoms with Crippen molar-refractivity contribution in [3.05, 3.63) is 58.7 Å². The van der Waals surface area contributed by atoms with Gasteiger partial charge in [-0.1, -0.05) is 50.3 Å². The average molecular weight is 594 g/mol. The third kappa shape index (κ3) is 7.52. The van der Waals surface area contributed by atoms with Gasteiger partial charge in [0, 0.05) is 42.9 Å². The quantitative estimate of drug-likeness (QED) is 0.377. The fourth-order valence-electron chi connectivity index (χ4n) is 5.23. The topological polar surface area (TPSA) is 117 Å². The number of aliphatic hydroxyl groups is 1. The van der Waals surface area contributed by atoms with Gasteiger partial charge in [0.25, 0.3) is 0 Å². The van der Waals surface area contributed by atoms with Gasteiger partial charge >= 0.3 is 0 Å². The van der Waals surface area contributed by atoms with Crippen LogP contribution in [0.3, 0.4) is 0 Å². The monoisotopic (exact) mass is 593 g/mol. The van der Waals surface area contributed by atoms with Crippen molar-refractivity contribution < 1.29 is 19.5 Å². The molecule has 1 aromatic carbocycles. The van der Waals surface area contributed by atoms with Crippen molar-refractivity contribution in [2.24, 2.45) is 11.3 Å². The first kappa shape index (κ1) is 31.6. The number of benzene rings is 1. The van der Waals surface area contributed by atoms with E-state index in [0.717, 1.165) is 11.1 Å². The first-order chi connectivity index (χ1) is 19.6. The molecule has 42 heavy (non-hydrogen) atoms. The molecule has 3 aromatic rings. The van der Waals surface area contributed by atoms with Crippen LogP contribution < -0.4 is 5.32 Å². The number of nitrogens with one attached hydrogen (secondary N) is 1. The lowest BCUT2D eigenvalue weighted by Crippen LogP contribution is -2.50. The number of carbonyl (C=O) groups is 3. The highest BCUT2D eigenvalue weighted by atomic mass is 32.1. The van der Waals surface area contributed by atoms with Crippen molar-refractivity contribution in [1.29, 1.82) is 0 Å². The second-order valence-electron chi connectivity index (χ2n) is 13.4. The number of hydrogen-bond acceptors (Lipinski definition) is 7. The van der Waals surface area contributed by atoms with Gasteiger partial charge in [-0.15, -0.1) is 16.4 Å². The van der Waals surface area contributed by atoms with Gasteiger partial charge in [0.15, 0.2) is 0 Å². The van der Waals surface area contributed by atoms with Crippen LogP contribution in [0.1, 0.15) is 71.2 Å². The van der Waals surface area contributed by atoms with E-state index in [1.807, 2.05) is 65.8 Å². The molecule has 0 saturated carbocycles. The highest BCUT2D eigenvalue weighted by Crippen LogP contribution is 2.34. The van der Waals surface area contributed by atoms with Crippen LogP contribution in [0.15, 0.2) is 41.9 Å². The van der Waals surface area contributed by atoms with Crippen LogP contribution >= 0.6 is 11.3 Å². The minimum absolute atomic E-state index is 0.0156. The van der Waals surface area contributed by atoms with E-state index in [9.17, 15) is 19.5 Å². The third-order valence-electron chi connectivity index (χ3n) is 7.79. The summed E-state index contributed by atoms with van der Waals surface area (Å²) < 4.78 is 1.72. The van der Waals surface area contributed by atoms with E-state index in [1.165, 1.54) is 15.3 Å². The Bertz CT molecular complexity index is 1410. The lowest BCUT2D eigenvalue weighted by molar-refractivity contribution is -0.146. The molecule has 3 heterocycles. The van der Waals surface area contributed by atoms with Crippen LogP contribution in [0.2, 0.25) is 0 Å². The number of likely N-dealkylation sites (tertiary alicyclic amines) is 1. The maximum absolute atomic E-state index is 13.9. The SMILES string of the molecule is Cc1ccsc1-c1ccc(CNC(=O)C2CC(O)CN2C(=O)C(CC(=O)Cc2cn(C(C)(C)C)nn2)C(C)(C)C)cc1. The van der Waals surface area contributed by atoms with E-state index in [4.69, 9.17) is 0 Å². The molecule has 226 valence electrons. The fraction of sp³-hybridized carbons (Fsp3) is 0.531. The fourth-order valence-corrected chi connectivity index (χ4v) is 6.16. The second kappa shape index (κ2) is 12.5. The number of aromatic nitrogens is 3. The Balaban J connectivity index is 1.41. The lowest BCUT2D eigenvalue weighted by Gasteiger charge is -2.34. The van der Waals surface area contributed by atoms with Gasteiger partial charge < -0.3 is 15.3 Å². The second-order valence-corrected chi connectivity index (χ2v) is 14.3. The molecule has 3 unspecified atom stereocenters. The van der Waals surface area contributed by atoms with E-state index >= 15 is 0 Å². The number of rotatable bonds is 9. The number of carbonyl (C=O) groups excluding carboxylic acids is 3. The number of β-amino-alcohol motifs (C(OH)–C–C–N with tert-alkyl or cyclic N) is 1. The molecule has 3 atom stereocenters.